The van der Waals surface area contributed by atoms with Crippen molar-refractivity contribution in [2.75, 3.05) is 6.54 Å². The first-order valence-electron chi connectivity index (χ1n) is 6.32. The second-order valence-corrected chi connectivity index (χ2v) is 4.68. The van der Waals surface area contributed by atoms with Crippen LogP contribution < -0.4 is 10.6 Å². The summed E-state index contributed by atoms with van der Waals surface area (Å²) in [5, 5.41) is 19.9. The SMILES string of the molecule is CC(NC(=O)c1n[nH]c2c1CNCC2)c1cn[nH]c1. The van der Waals surface area contributed by atoms with Crippen LogP contribution in [0.3, 0.4) is 0 Å². The molecule has 0 saturated carbocycles. The van der Waals surface area contributed by atoms with Gasteiger partial charge in [0.05, 0.1) is 12.2 Å². The van der Waals surface area contributed by atoms with Crippen molar-refractivity contribution in [1.82, 2.24) is 31.0 Å². The summed E-state index contributed by atoms with van der Waals surface area (Å²) in [6.07, 6.45) is 4.35. The monoisotopic (exact) mass is 260 g/mol. The van der Waals surface area contributed by atoms with Crippen molar-refractivity contribution in [3.05, 3.63) is 34.9 Å². The van der Waals surface area contributed by atoms with Crippen LogP contribution in [-0.2, 0) is 13.0 Å². The molecule has 0 spiro atoms. The zero-order chi connectivity index (χ0) is 13.2. The molecule has 1 atom stereocenters. The number of rotatable bonds is 3. The number of H-pyrrole nitrogens is 2. The maximum atomic E-state index is 12.2. The number of carbonyl (C=O) groups is 1. The minimum atomic E-state index is -0.157. The first kappa shape index (κ1) is 11.9. The van der Waals surface area contributed by atoms with Crippen LogP contribution >= 0.6 is 0 Å². The van der Waals surface area contributed by atoms with E-state index in [2.05, 4.69) is 31.0 Å². The van der Waals surface area contributed by atoms with E-state index >= 15 is 0 Å². The van der Waals surface area contributed by atoms with Gasteiger partial charge in [-0.05, 0) is 6.92 Å². The van der Waals surface area contributed by atoms with Crippen molar-refractivity contribution in [2.45, 2.75) is 25.9 Å². The van der Waals surface area contributed by atoms with Crippen LogP contribution in [0.4, 0.5) is 0 Å². The van der Waals surface area contributed by atoms with Crippen LogP contribution in [0.2, 0.25) is 0 Å². The number of fused-ring (bicyclic) bond motifs is 1. The van der Waals surface area contributed by atoms with Gasteiger partial charge in [0, 0.05) is 42.5 Å². The molecule has 100 valence electrons. The van der Waals surface area contributed by atoms with E-state index in [-0.39, 0.29) is 11.9 Å². The lowest BCUT2D eigenvalue weighted by Gasteiger charge is -2.14. The Balaban J connectivity index is 1.75. The van der Waals surface area contributed by atoms with Crippen LogP contribution in [0.1, 0.15) is 40.3 Å². The molecule has 4 N–H and O–H groups in total. The maximum Gasteiger partial charge on any atom is 0.272 e. The van der Waals surface area contributed by atoms with Gasteiger partial charge in [-0.1, -0.05) is 0 Å². The molecule has 1 amide bonds. The van der Waals surface area contributed by atoms with Crippen molar-refractivity contribution in [3.63, 3.8) is 0 Å². The minimum Gasteiger partial charge on any atom is -0.344 e. The first-order chi connectivity index (χ1) is 9.25. The summed E-state index contributed by atoms with van der Waals surface area (Å²) < 4.78 is 0. The lowest BCUT2D eigenvalue weighted by molar-refractivity contribution is 0.0933. The fraction of sp³-hybridized carbons (Fsp3) is 0.417. The number of aromatic amines is 2. The topological polar surface area (TPSA) is 98.5 Å². The number of hydrogen-bond donors (Lipinski definition) is 4. The largest absolute Gasteiger partial charge is 0.344 e. The molecule has 0 saturated heterocycles. The fourth-order valence-corrected chi connectivity index (χ4v) is 2.26. The van der Waals surface area contributed by atoms with Gasteiger partial charge < -0.3 is 10.6 Å². The maximum absolute atomic E-state index is 12.2. The van der Waals surface area contributed by atoms with Crippen LogP contribution in [0, 0.1) is 0 Å². The van der Waals surface area contributed by atoms with Crippen LogP contribution in [-0.4, -0.2) is 32.8 Å². The number of amides is 1. The van der Waals surface area contributed by atoms with Gasteiger partial charge in [-0.15, -0.1) is 0 Å². The quantitative estimate of drug-likeness (QED) is 0.636. The summed E-state index contributed by atoms with van der Waals surface area (Å²) in [5.41, 5.74) is 3.46. The highest BCUT2D eigenvalue weighted by molar-refractivity contribution is 5.94. The number of nitrogens with one attached hydrogen (secondary N) is 4. The highest BCUT2D eigenvalue weighted by Crippen LogP contribution is 2.17. The Morgan fingerprint density at radius 2 is 2.42 bits per heavy atom. The lowest BCUT2D eigenvalue weighted by Crippen LogP contribution is -2.30. The predicted molar refractivity (Wildman–Crippen MR) is 68.5 cm³/mol. The normalized spacial score (nSPS) is 15.8. The highest BCUT2D eigenvalue weighted by Gasteiger charge is 2.22. The Hall–Kier alpha value is -2.15. The van der Waals surface area contributed by atoms with Crippen molar-refractivity contribution >= 4 is 5.91 Å². The van der Waals surface area contributed by atoms with Crippen LogP contribution in [0.5, 0.6) is 0 Å². The molecule has 0 radical (unpaired) electrons. The van der Waals surface area contributed by atoms with Crippen molar-refractivity contribution in [2.24, 2.45) is 0 Å². The third kappa shape index (κ3) is 2.24. The van der Waals surface area contributed by atoms with Gasteiger partial charge in [0.15, 0.2) is 5.69 Å². The third-order valence-corrected chi connectivity index (χ3v) is 3.39. The number of hydrogen-bond acceptors (Lipinski definition) is 4. The van der Waals surface area contributed by atoms with E-state index in [9.17, 15) is 4.79 Å². The summed E-state index contributed by atoms with van der Waals surface area (Å²) >= 11 is 0. The highest BCUT2D eigenvalue weighted by atomic mass is 16.2. The molecular formula is C12H16N6O. The van der Waals surface area contributed by atoms with Crippen molar-refractivity contribution < 1.29 is 4.79 Å². The summed E-state index contributed by atoms with van der Waals surface area (Å²) in [6, 6.07) is -0.102. The average molecular weight is 260 g/mol. The predicted octanol–water partition coefficient (Wildman–Crippen LogP) is 0.269. The summed E-state index contributed by atoms with van der Waals surface area (Å²) in [5.74, 6) is -0.157. The molecule has 2 aromatic rings. The van der Waals surface area contributed by atoms with E-state index in [1.165, 1.54) is 0 Å². The van der Waals surface area contributed by atoms with Gasteiger partial charge >= 0.3 is 0 Å². The molecule has 1 aliphatic heterocycles. The molecule has 1 unspecified atom stereocenters. The van der Waals surface area contributed by atoms with E-state index in [4.69, 9.17) is 0 Å². The molecule has 0 aromatic carbocycles. The van der Waals surface area contributed by atoms with Crippen molar-refractivity contribution in [3.8, 4) is 0 Å². The molecule has 0 aliphatic carbocycles. The molecule has 7 heteroatoms. The lowest BCUT2D eigenvalue weighted by atomic mass is 10.1. The van der Waals surface area contributed by atoms with Crippen LogP contribution in [0.25, 0.3) is 0 Å². The number of nitrogens with zero attached hydrogens (tertiary/aromatic N) is 2. The standard InChI is InChI=1S/C12H16N6O/c1-7(8-4-14-15-5-8)16-12(19)11-9-6-13-3-2-10(9)17-18-11/h4-5,7,13H,2-3,6H2,1H3,(H,14,15)(H,16,19)(H,17,18). The van der Waals surface area contributed by atoms with Crippen molar-refractivity contribution in [1.29, 1.82) is 0 Å². The third-order valence-electron chi connectivity index (χ3n) is 3.39. The number of aromatic nitrogens is 4. The minimum absolute atomic E-state index is 0.102. The van der Waals surface area contributed by atoms with E-state index in [0.717, 1.165) is 29.8 Å². The second-order valence-electron chi connectivity index (χ2n) is 4.68. The average Bonchev–Trinajstić information content (AvgIpc) is 3.08. The van der Waals surface area contributed by atoms with Gasteiger partial charge in [-0.3, -0.25) is 15.0 Å². The van der Waals surface area contributed by atoms with Crippen LogP contribution in [0.15, 0.2) is 12.4 Å². The molecule has 7 nitrogen and oxygen atoms in total. The van der Waals surface area contributed by atoms with Gasteiger partial charge in [0.1, 0.15) is 0 Å². The van der Waals surface area contributed by atoms with E-state index in [0.29, 0.717) is 12.2 Å². The van der Waals surface area contributed by atoms with E-state index < -0.39 is 0 Å². The molecular weight excluding hydrogens is 244 g/mol. The van der Waals surface area contributed by atoms with Gasteiger partial charge in [0.2, 0.25) is 0 Å². The van der Waals surface area contributed by atoms with Gasteiger partial charge in [-0.2, -0.15) is 10.2 Å². The van der Waals surface area contributed by atoms with E-state index in [1.807, 2.05) is 6.92 Å². The Bertz CT molecular complexity index is 573. The Morgan fingerprint density at radius 3 is 3.21 bits per heavy atom. The molecule has 1 aliphatic rings. The number of carbonyl (C=O) groups excluding carboxylic acids is 1. The summed E-state index contributed by atoms with van der Waals surface area (Å²) in [6.45, 7) is 3.52. The molecule has 3 rings (SSSR count). The molecule has 2 aromatic heterocycles. The second kappa shape index (κ2) is 4.85. The molecule has 3 heterocycles. The summed E-state index contributed by atoms with van der Waals surface area (Å²) in [7, 11) is 0. The zero-order valence-corrected chi connectivity index (χ0v) is 10.7. The zero-order valence-electron chi connectivity index (χ0n) is 10.7. The van der Waals surface area contributed by atoms with Gasteiger partial charge in [-0.25, -0.2) is 0 Å². The summed E-state index contributed by atoms with van der Waals surface area (Å²) in [4.78, 5) is 12.2. The molecule has 19 heavy (non-hydrogen) atoms. The fourth-order valence-electron chi connectivity index (χ4n) is 2.26. The smallest absolute Gasteiger partial charge is 0.272 e. The van der Waals surface area contributed by atoms with E-state index in [1.54, 1.807) is 12.4 Å². The Kier molecular flexibility index (Phi) is 3.04. The molecule has 0 fully saturated rings. The Labute approximate surface area is 110 Å². The Morgan fingerprint density at radius 1 is 1.53 bits per heavy atom. The molecule has 0 bridgehead atoms. The first-order valence-corrected chi connectivity index (χ1v) is 6.32. The van der Waals surface area contributed by atoms with Gasteiger partial charge in [0.25, 0.3) is 5.91 Å².